The van der Waals surface area contributed by atoms with Crippen LogP contribution in [0, 0.1) is 27.4 Å². The molecule has 1 amide bonds. The highest BCUT2D eigenvalue weighted by atomic mass is 32.1. The number of rotatable bonds is 6. The van der Waals surface area contributed by atoms with Crippen LogP contribution in [0.2, 0.25) is 0 Å². The molecule has 11 heteroatoms. The molecule has 2 atom stereocenters. The Balaban J connectivity index is 0.00000193. The molecule has 174 valence electrons. The van der Waals surface area contributed by atoms with Gasteiger partial charge in [0, 0.05) is 41.7 Å². The van der Waals surface area contributed by atoms with E-state index in [1.807, 2.05) is 25.3 Å². The third-order valence-electron chi connectivity index (χ3n) is 5.53. The minimum absolute atomic E-state index is 0. The Hall–Kier alpha value is -3.23. The predicted octanol–water partition coefficient (Wildman–Crippen LogP) is 4.18. The summed E-state index contributed by atoms with van der Waals surface area (Å²) in [5, 5.41) is 20.9. The summed E-state index contributed by atoms with van der Waals surface area (Å²) in [6, 6.07) is 10.2. The molecular formula is C22H25N5O4S2. The van der Waals surface area contributed by atoms with Gasteiger partial charge in [0.2, 0.25) is 11.8 Å². The molecule has 1 N–H and O–H groups in total. The maximum atomic E-state index is 12.8. The van der Waals surface area contributed by atoms with Crippen molar-refractivity contribution in [3.05, 3.63) is 58.4 Å². The average molecular weight is 488 g/mol. The zero-order chi connectivity index (χ0) is 22.0. The van der Waals surface area contributed by atoms with Gasteiger partial charge in [0.1, 0.15) is 18.0 Å². The van der Waals surface area contributed by atoms with Crippen molar-refractivity contribution >= 4 is 49.5 Å². The monoisotopic (exact) mass is 487 g/mol. The number of carbonyl (C=O) groups excluding carboxylic acids is 1. The Morgan fingerprint density at radius 2 is 2.18 bits per heavy atom. The van der Waals surface area contributed by atoms with E-state index in [-0.39, 0.29) is 56.4 Å². The van der Waals surface area contributed by atoms with Crippen LogP contribution in [0.1, 0.15) is 25.3 Å². The third kappa shape index (κ3) is 5.58. The van der Waals surface area contributed by atoms with E-state index in [1.54, 1.807) is 11.0 Å². The molecule has 0 unspecified atom stereocenters. The van der Waals surface area contributed by atoms with Gasteiger partial charge in [-0.2, -0.15) is 32.3 Å². The summed E-state index contributed by atoms with van der Waals surface area (Å²) in [5.74, 6) is 0.537. The fourth-order valence-electron chi connectivity index (χ4n) is 3.92. The number of fused-ring (bicyclic) bond motifs is 1. The largest absolute Gasteiger partial charge is 0.439 e. The van der Waals surface area contributed by atoms with E-state index in [0.717, 1.165) is 35.5 Å². The summed E-state index contributed by atoms with van der Waals surface area (Å²) in [6.45, 7) is 2.52. The lowest BCUT2D eigenvalue weighted by Crippen LogP contribution is -2.38. The zero-order valence-electron chi connectivity index (χ0n) is 17.9. The molecular weight excluding hydrogens is 462 g/mol. The van der Waals surface area contributed by atoms with E-state index in [0.29, 0.717) is 18.7 Å². The second-order valence-electron chi connectivity index (χ2n) is 7.66. The van der Waals surface area contributed by atoms with E-state index in [9.17, 15) is 20.2 Å². The van der Waals surface area contributed by atoms with Crippen LogP contribution < -0.4 is 4.74 Å². The maximum absolute atomic E-state index is 12.8. The Morgan fingerprint density at radius 1 is 1.39 bits per heavy atom. The summed E-state index contributed by atoms with van der Waals surface area (Å²) in [4.78, 5) is 32.0. The summed E-state index contributed by atoms with van der Waals surface area (Å²) < 4.78 is 5.75. The van der Waals surface area contributed by atoms with Crippen LogP contribution in [0.5, 0.6) is 11.6 Å². The second kappa shape index (κ2) is 11.1. The molecule has 9 nitrogen and oxygen atoms in total. The van der Waals surface area contributed by atoms with Crippen molar-refractivity contribution in [2.75, 3.05) is 6.54 Å². The minimum atomic E-state index is -0.516. The number of benzene rings is 1. The Labute approximate surface area is 204 Å². The Bertz CT molecular complexity index is 1180. The number of nitrogens with one attached hydrogen (secondary N) is 1. The van der Waals surface area contributed by atoms with Crippen LogP contribution in [0.15, 0.2) is 42.7 Å². The number of hydrogen-bond acceptors (Lipinski definition) is 6. The zero-order valence-corrected chi connectivity index (χ0v) is 19.9. The fraction of sp³-hybridized carbons (Fsp3) is 0.318. The number of H-pyrrole nitrogens is 1. The van der Waals surface area contributed by atoms with Crippen LogP contribution >= 0.6 is 27.0 Å². The molecule has 1 aliphatic heterocycles. The van der Waals surface area contributed by atoms with E-state index in [2.05, 4.69) is 16.0 Å². The molecule has 4 rings (SSSR count). The summed E-state index contributed by atoms with van der Waals surface area (Å²) in [5.41, 5.74) is 1.78. The molecule has 0 radical (unpaired) electrons. The molecule has 0 saturated carbocycles. The number of aromatic amines is 1. The summed E-state index contributed by atoms with van der Waals surface area (Å²) >= 11 is 0. The van der Waals surface area contributed by atoms with Crippen molar-refractivity contribution in [2.45, 2.75) is 32.2 Å². The van der Waals surface area contributed by atoms with Gasteiger partial charge in [0.15, 0.2) is 0 Å². The Kier molecular flexibility index (Phi) is 8.73. The Morgan fingerprint density at radius 3 is 2.85 bits per heavy atom. The van der Waals surface area contributed by atoms with Crippen molar-refractivity contribution in [3.8, 4) is 17.7 Å². The number of amides is 1. The number of aromatic nitrogens is 2. The second-order valence-corrected chi connectivity index (χ2v) is 7.66. The molecule has 1 saturated heterocycles. The van der Waals surface area contributed by atoms with Gasteiger partial charge in [-0.25, -0.2) is 4.98 Å². The highest BCUT2D eigenvalue weighted by molar-refractivity contribution is 7.59. The lowest BCUT2D eigenvalue weighted by atomic mass is 9.99. The molecule has 1 aliphatic rings. The highest BCUT2D eigenvalue weighted by Crippen LogP contribution is 2.29. The number of likely N-dealkylation sites (tertiary alicyclic amines) is 1. The van der Waals surface area contributed by atoms with Crippen LogP contribution in [0.4, 0.5) is 5.69 Å². The van der Waals surface area contributed by atoms with E-state index in [4.69, 9.17) is 4.74 Å². The normalized spacial score (nSPS) is 15.8. The molecule has 0 bridgehead atoms. The molecule has 2 aromatic heterocycles. The van der Waals surface area contributed by atoms with Crippen LogP contribution in [-0.4, -0.2) is 38.3 Å². The molecule has 1 fully saturated rings. The number of carbonyl (C=O) groups is 1. The first-order valence-electron chi connectivity index (χ1n) is 10.0. The number of nitrogens with zero attached hydrogens (tertiary/aromatic N) is 4. The highest BCUT2D eigenvalue weighted by Gasteiger charge is 2.31. The number of hydrogen-bond donors (Lipinski definition) is 1. The van der Waals surface area contributed by atoms with Gasteiger partial charge in [0.05, 0.1) is 11.0 Å². The van der Waals surface area contributed by atoms with Gasteiger partial charge in [-0.15, -0.1) is 0 Å². The molecule has 0 spiro atoms. The first-order chi connectivity index (χ1) is 15.0. The summed E-state index contributed by atoms with van der Waals surface area (Å²) in [7, 11) is 0. The SMILES string of the molecule is C[C@@H](Cc1c[nH]c2ccc(Oc3ccc([N+](=O)[O-])cn3)cc12)C(=O)N1CCC[C@H]1C#N.S.S. The van der Waals surface area contributed by atoms with Crippen molar-refractivity contribution in [1.29, 1.82) is 5.26 Å². The first-order valence-corrected chi connectivity index (χ1v) is 10.0. The third-order valence-corrected chi connectivity index (χ3v) is 5.53. The predicted molar refractivity (Wildman–Crippen MR) is 133 cm³/mol. The summed E-state index contributed by atoms with van der Waals surface area (Å²) in [6.07, 6.45) is 5.16. The first kappa shape index (κ1) is 26.0. The van der Waals surface area contributed by atoms with Crippen LogP contribution in [0.25, 0.3) is 10.9 Å². The van der Waals surface area contributed by atoms with Crippen molar-refractivity contribution in [1.82, 2.24) is 14.9 Å². The van der Waals surface area contributed by atoms with E-state index < -0.39 is 4.92 Å². The number of nitro groups is 1. The van der Waals surface area contributed by atoms with Gasteiger partial charge in [-0.05, 0) is 43.0 Å². The lowest BCUT2D eigenvalue weighted by molar-refractivity contribution is -0.385. The smallest absolute Gasteiger partial charge is 0.287 e. The van der Waals surface area contributed by atoms with Crippen LogP contribution in [-0.2, 0) is 11.2 Å². The van der Waals surface area contributed by atoms with E-state index in [1.165, 1.54) is 12.1 Å². The number of pyridine rings is 1. The van der Waals surface area contributed by atoms with Gasteiger partial charge in [-0.1, -0.05) is 6.92 Å². The fourth-order valence-corrected chi connectivity index (χ4v) is 3.92. The number of ether oxygens (including phenoxy) is 1. The lowest BCUT2D eigenvalue weighted by Gasteiger charge is -2.23. The van der Waals surface area contributed by atoms with Crippen molar-refractivity contribution in [2.24, 2.45) is 5.92 Å². The topological polar surface area (TPSA) is 125 Å². The molecule has 1 aromatic carbocycles. The van der Waals surface area contributed by atoms with Gasteiger partial charge in [0.25, 0.3) is 5.69 Å². The average Bonchev–Trinajstić information content (AvgIpc) is 3.40. The van der Waals surface area contributed by atoms with Crippen LogP contribution in [0.3, 0.4) is 0 Å². The molecule has 0 aliphatic carbocycles. The molecule has 3 heterocycles. The number of nitriles is 1. The van der Waals surface area contributed by atoms with Gasteiger partial charge >= 0.3 is 0 Å². The standard InChI is InChI=1S/C22H21N5O4.2H2S/c1-14(22(28)26-8-2-3-16(26)11-23)9-15-12-24-20-6-5-18(10-19(15)20)31-21-7-4-17(13-25-21)27(29)30;;/h4-7,10,12-14,16,24H,2-3,8-9H2,1H3;2*1H2/t14-,16-;;/m0../s1. The maximum Gasteiger partial charge on any atom is 0.287 e. The quantitative estimate of drug-likeness (QED) is 0.411. The molecule has 3 aromatic rings. The molecule has 33 heavy (non-hydrogen) atoms. The van der Waals surface area contributed by atoms with Crippen molar-refractivity contribution in [3.63, 3.8) is 0 Å². The van der Waals surface area contributed by atoms with Gasteiger partial charge in [-0.3, -0.25) is 14.9 Å². The minimum Gasteiger partial charge on any atom is -0.439 e. The van der Waals surface area contributed by atoms with E-state index >= 15 is 0 Å². The van der Waals surface area contributed by atoms with Crippen molar-refractivity contribution < 1.29 is 14.5 Å². The van der Waals surface area contributed by atoms with Gasteiger partial charge < -0.3 is 14.6 Å².